The number of nitrogens with one attached hydrogen (secondary N) is 1. The SMILES string of the molecule is CN(C)C1CCN(C(=O)C(Cc2ccc(O)cc2)OC(=O)N2CCC(N3CCc4ccccc4NC3=O)CC2)CC1. The Morgan fingerprint density at radius 2 is 1.61 bits per heavy atom. The van der Waals surface area contributed by atoms with E-state index in [2.05, 4.69) is 24.3 Å². The number of benzene rings is 2. The minimum Gasteiger partial charge on any atom is -0.508 e. The molecule has 10 nitrogen and oxygen atoms in total. The number of phenolic OH excluding ortho intramolecular Hbond substituents is 1. The molecule has 3 aliphatic rings. The Kier molecular flexibility index (Phi) is 8.97. The summed E-state index contributed by atoms with van der Waals surface area (Å²) in [7, 11) is 4.11. The second-order valence-electron chi connectivity index (χ2n) is 11.5. The van der Waals surface area contributed by atoms with Crippen LogP contribution in [0.25, 0.3) is 0 Å². The van der Waals surface area contributed by atoms with E-state index in [1.165, 1.54) is 0 Å². The van der Waals surface area contributed by atoms with Crippen LogP contribution in [0.3, 0.4) is 0 Å². The fraction of sp³-hybridized carbons (Fsp3) is 0.516. The number of rotatable bonds is 6. The maximum absolute atomic E-state index is 13.6. The lowest BCUT2D eigenvalue weighted by molar-refractivity contribution is -0.142. The van der Waals surface area contributed by atoms with Crippen LogP contribution in [0.4, 0.5) is 15.3 Å². The Labute approximate surface area is 241 Å². The van der Waals surface area contributed by atoms with Gasteiger partial charge in [0.15, 0.2) is 6.10 Å². The predicted octanol–water partition coefficient (Wildman–Crippen LogP) is 3.55. The third kappa shape index (κ3) is 6.93. The number of ether oxygens (including phenoxy) is 1. The molecule has 4 amide bonds. The Morgan fingerprint density at radius 1 is 0.951 bits per heavy atom. The zero-order valence-electron chi connectivity index (χ0n) is 24.0. The van der Waals surface area contributed by atoms with Crippen molar-refractivity contribution in [3.05, 3.63) is 59.7 Å². The molecule has 3 aliphatic heterocycles. The van der Waals surface area contributed by atoms with E-state index in [9.17, 15) is 19.5 Å². The lowest BCUT2D eigenvalue weighted by atomic mass is 10.0. The van der Waals surface area contributed by atoms with Gasteiger partial charge in [-0.2, -0.15) is 0 Å². The first-order valence-electron chi connectivity index (χ1n) is 14.6. The monoisotopic (exact) mass is 563 g/mol. The minimum absolute atomic E-state index is 0.0285. The summed E-state index contributed by atoms with van der Waals surface area (Å²) in [6, 6.07) is 14.9. The number of aromatic hydroxyl groups is 1. The van der Waals surface area contributed by atoms with Crippen molar-refractivity contribution in [3.8, 4) is 5.75 Å². The highest BCUT2D eigenvalue weighted by molar-refractivity contribution is 5.91. The summed E-state index contributed by atoms with van der Waals surface area (Å²) in [6.07, 6.45) is 2.61. The number of carbonyl (C=O) groups excluding carboxylic acids is 3. The van der Waals surface area contributed by atoms with Crippen molar-refractivity contribution in [2.45, 2.75) is 56.7 Å². The molecule has 5 rings (SSSR count). The maximum atomic E-state index is 13.6. The van der Waals surface area contributed by atoms with Crippen LogP contribution in [-0.4, -0.2) is 108 Å². The number of likely N-dealkylation sites (tertiary alicyclic amines) is 2. The van der Waals surface area contributed by atoms with Gasteiger partial charge in [-0.05, 0) is 75.5 Å². The summed E-state index contributed by atoms with van der Waals surface area (Å²) in [5, 5.41) is 12.7. The Morgan fingerprint density at radius 3 is 2.29 bits per heavy atom. The van der Waals surface area contributed by atoms with E-state index in [1.54, 1.807) is 34.1 Å². The molecular formula is C31H41N5O5. The molecule has 2 aromatic carbocycles. The van der Waals surface area contributed by atoms with Gasteiger partial charge >= 0.3 is 12.1 Å². The number of piperidine rings is 2. The largest absolute Gasteiger partial charge is 0.508 e. The van der Waals surface area contributed by atoms with Gasteiger partial charge in [-0.1, -0.05) is 30.3 Å². The molecule has 2 N–H and O–H groups in total. The lowest BCUT2D eigenvalue weighted by Crippen LogP contribution is -2.52. The molecule has 41 heavy (non-hydrogen) atoms. The van der Waals surface area contributed by atoms with E-state index in [0.29, 0.717) is 51.6 Å². The van der Waals surface area contributed by atoms with Crippen molar-refractivity contribution in [2.75, 3.05) is 52.1 Å². The third-order valence-electron chi connectivity index (χ3n) is 8.69. The number of amides is 4. The molecule has 3 heterocycles. The molecule has 0 radical (unpaired) electrons. The number of anilines is 1. The summed E-state index contributed by atoms with van der Waals surface area (Å²) in [5.41, 5.74) is 2.79. The van der Waals surface area contributed by atoms with Crippen LogP contribution in [0, 0.1) is 0 Å². The Balaban J connectivity index is 1.20. The zero-order valence-corrected chi connectivity index (χ0v) is 24.0. The zero-order chi connectivity index (χ0) is 28.9. The second-order valence-corrected chi connectivity index (χ2v) is 11.5. The highest BCUT2D eigenvalue weighted by Gasteiger charge is 2.35. The van der Waals surface area contributed by atoms with Crippen LogP contribution in [0.1, 0.15) is 36.8 Å². The van der Waals surface area contributed by atoms with Gasteiger partial charge in [-0.3, -0.25) is 4.79 Å². The van der Waals surface area contributed by atoms with Crippen LogP contribution in [0.2, 0.25) is 0 Å². The van der Waals surface area contributed by atoms with Crippen LogP contribution < -0.4 is 5.32 Å². The van der Waals surface area contributed by atoms with Crippen molar-refractivity contribution in [1.82, 2.24) is 19.6 Å². The van der Waals surface area contributed by atoms with E-state index in [0.717, 1.165) is 36.1 Å². The summed E-state index contributed by atoms with van der Waals surface area (Å²) in [5.74, 6) is -0.0384. The number of urea groups is 1. The van der Waals surface area contributed by atoms with Gasteiger partial charge in [0, 0.05) is 56.9 Å². The molecule has 2 aromatic rings. The standard InChI is InChI=1S/C31H41N5O5/c1-33(2)24-12-16-34(17-13-24)29(38)28(21-22-7-9-26(37)10-8-22)41-31(40)35-18-14-25(15-19-35)36-20-11-23-5-3-4-6-27(23)32-30(36)39/h3-10,24-25,28,37H,11-21H2,1-2H3,(H,32,39). The molecule has 220 valence electrons. The van der Waals surface area contributed by atoms with Gasteiger partial charge in [0.05, 0.1) is 0 Å². The lowest BCUT2D eigenvalue weighted by Gasteiger charge is -2.38. The van der Waals surface area contributed by atoms with Gasteiger partial charge in [-0.15, -0.1) is 0 Å². The smallest absolute Gasteiger partial charge is 0.410 e. The van der Waals surface area contributed by atoms with E-state index < -0.39 is 12.2 Å². The predicted molar refractivity (Wildman–Crippen MR) is 156 cm³/mol. The molecule has 0 spiro atoms. The third-order valence-corrected chi connectivity index (χ3v) is 8.69. The first-order valence-corrected chi connectivity index (χ1v) is 14.6. The maximum Gasteiger partial charge on any atom is 0.410 e. The van der Waals surface area contributed by atoms with Crippen molar-refractivity contribution < 1.29 is 24.2 Å². The van der Waals surface area contributed by atoms with E-state index in [-0.39, 0.29) is 30.2 Å². The molecule has 2 saturated heterocycles. The number of carbonyl (C=O) groups is 3. The number of hydrogen-bond acceptors (Lipinski definition) is 6. The molecule has 0 bridgehead atoms. The van der Waals surface area contributed by atoms with E-state index in [4.69, 9.17) is 4.74 Å². The fourth-order valence-corrected chi connectivity index (χ4v) is 6.13. The van der Waals surface area contributed by atoms with Gasteiger partial charge < -0.3 is 34.8 Å². The topological polar surface area (TPSA) is 106 Å². The molecule has 2 fully saturated rings. The van der Waals surface area contributed by atoms with Crippen molar-refractivity contribution in [3.63, 3.8) is 0 Å². The van der Waals surface area contributed by atoms with Gasteiger partial charge in [0.25, 0.3) is 5.91 Å². The quantitative estimate of drug-likeness (QED) is 0.557. The normalized spacial score (nSPS) is 19.4. The van der Waals surface area contributed by atoms with Crippen LogP contribution in [0.5, 0.6) is 5.75 Å². The summed E-state index contributed by atoms with van der Waals surface area (Å²) >= 11 is 0. The molecule has 0 saturated carbocycles. The summed E-state index contributed by atoms with van der Waals surface area (Å²) < 4.78 is 5.91. The van der Waals surface area contributed by atoms with Crippen molar-refractivity contribution in [2.24, 2.45) is 0 Å². The number of nitrogens with zero attached hydrogens (tertiary/aromatic N) is 4. The number of para-hydroxylation sites is 1. The molecule has 0 aliphatic carbocycles. The van der Waals surface area contributed by atoms with E-state index >= 15 is 0 Å². The molecule has 1 atom stereocenters. The van der Waals surface area contributed by atoms with Crippen LogP contribution in [0.15, 0.2) is 48.5 Å². The van der Waals surface area contributed by atoms with Crippen molar-refractivity contribution in [1.29, 1.82) is 0 Å². The first kappa shape index (κ1) is 28.7. The van der Waals surface area contributed by atoms with Gasteiger partial charge in [0.1, 0.15) is 5.75 Å². The number of hydrogen-bond donors (Lipinski definition) is 2. The Hall–Kier alpha value is -3.79. The molecular weight excluding hydrogens is 522 g/mol. The Bertz CT molecular complexity index is 1220. The van der Waals surface area contributed by atoms with Crippen LogP contribution >= 0.6 is 0 Å². The first-order chi connectivity index (χ1) is 19.8. The number of fused-ring (bicyclic) bond motifs is 1. The minimum atomic E-state index is -0.949. The van der Waals surface area contributed by atoms with Crippen molar-refractivity contribution >= 4 is 23.7 Å². The van der Waals surface area contributed by atoms with Crippen LogP contribution in [-0.2, 0) is 22.4 Å². The average Bonchev–Trinajstić information content (AvgIpc) is 3.15. The summed E-state index contributed by atoms with van der Waals surface area (Å²) in [6.45, 7) is 2.78. The van der Waals surface area contributed by atoms with E-state index in [1.807, 2.05) is 29.2 Å². The van der Waals surface area contributed by atoms with Gasteiger partial charge in [0.2, 0.25) is 0 Å². The van der Waals surface area contributed by atoms with Gasteiger partial charge in [-0.25, -0.2) is 9.59 Å². The summed E-state index contributed by atoms with van der Waals surface area (Å²) in [4.78, 5) is 47.4. The number of phenols is 1. The average molecular weight is 564 g/mol. The highest BCUT2D eigenvalue weighted by Crippen LogP contribution is 2.25. The fourth-order valence-electron chi connectivity index (χ4n) is 6.13. The molecule has 10 heteroatoms. The second kappa shape index (κ2) is 12.8. The highest BCUT2D eigenvalue weighted by atomic mass is 16.6. The molecule has 0 aromatic heterocycles. The molecule has 1 unspecified atom stereocenters.